The number of amides is 1. The van der Waals surface area contributed by atoms with E-state index in [-0.39, 0.29) is 17.7 Å². The fourth-order valence-corrected chi connectivity index (χ4v) is 4.15. The van der Waals surface area contributed by atoms with E-state index < -0.39 is 57.7 Å². The van der Waals surface area contributed by atoms with Gasteiger partial charge >= 0.3 is 12.4 Å². The summed E-state index contributed by atoms with van der Waals surface area (Å²) in [5.41, 5.74) is -0.842. The summed E-state index contributed by atoms with van der Waals surface area (Å²) in [5, 5.41) is 13.0. The van der Waals surface area contributed by atoms with Crippen molar-refractivity contribution < 1.29 is 39.6 Å². The number of benzene rings is 2. The Balaban J connectivity index is 1.86. The van der Waals surface area contributed by atoms with Gasteiger partial charge in [0.2, 0.25) is 5.91 Å². The van der Waals surface area contributed by atoms with Crippen LogP contribution in [0.1, 0.15) is 30.9 Å². The van der Waals surface area contributed by atoms with Crippen molar-refractivity contribution in [3.05, 3.63) is 54.1 Å². The maximum Gasteiger partial charge on any atom is 0.407 e. The van der Waals surface area contributed by atoms with Crippen LogP contribution in [0.2, 0.25) is 0 Å². The van der Waals surface area contributed by atoms with E-state index in [1.807, 2.05) is 0 Å². The van der Waals surface area contributed by atoms with Gasteiger partial charge < -0.3 is 5.32 Å². The maximum absolute atomic E-state index is 13.9. The summed E-state index contributed by atoms with van der Waals surface area (Å²) in [7, 11) is -3.44. The van der Waals surface area contributed by atoms with Crippen molar-refractivity contribution in [1.82, 2.24) is 10.6 Å². The molecule has 1 aliphatic carbocycles. The highest BCUT2D eigenvalue weighted by atomic mass is 32.2. The number of nitrogens with one attached hydrogen (secondary N) is 2. The lowest BCUT2D eigenvalue weighted by Gasteiger charge is -2.28. The molecule has 2 atom stereocenters. The highest BCUT2D eigenvalue weighted by Crippen LogP contribution is 2.37. The Morgan fingerprint density at radius 1 is 1.00 bits per heavy atom. The quantitative estimate of drug-likeness (QED) is 0.489. The Hall–Kier alpha value is -3.11. The van der Waals surface area contributed by atoms with E-state index in [1.54, 1.807) is 11.4 Å². The first-order chi connectivity index (χ1) is 16.5. The number of halogens is 6. The number of carbonyl (C=O) groups is 1. The summed E-state index contributed by atoms with van der Waals surface area (Å²) in [6.07, 6.45) is -10.4. The molecule has 0 bridgehead atoms. The molecule has 3 rings (SSSR count). The summed E-state index contributed by atoms with van der Waals surface area (Å²) in [6, 6.07) is 7.21. The fourth-order valence-electron chi connectivity index (χ4n) is 3.51. The summed E-state index contributed by atoms with van der Waals surface area (Å²) in [6.45, 7) is 0. The standard InChI is InChI=1S/C23H21F6N3O3S/c1-36(34,35)17-8-6-15(7-9-17)14-2-4-16(5-3-14)19(23(27,28)29)31-18(12-22(24,25)26)20(33)32-21(13-30)10-11-21/h2-9,18-19,31H,10-12H2,1H3,(H,32,33)/t18-,19-/m0/s1. The average Bonchev–Trinajstić information content (AvgIpc) is 3.54. The number of carbonyl (C=O) groups excluding carboxylic acids is 1. The van der Waals surface area contributed by atoms with Gasteiger partial charge in [-0.25, -0.2) is 8.42 Å². The van der Waals surface area contributed by atoms with Crippen molar-refractivity contribution in [3.63, 3.8) is 0 Å². The van der Waals surface area contributed by atoms with E-state index in [0.29, 0.717) is 11.1 Å². The fraction of sp³-hybridized carbons (Fsp3) is 0.391. The lowest BCUT2D eigenvalue weighted by molar-refractivity contribution is -0.171. The van der Waals surface area contributed by atoms with Crippen LogP contribution in [0, 0.1) is 11.3 Å². The smallest absolute Gasteiger partial charge is 0.336 e. The first kappa shape index (κ1) is 27.5. The second-order valence-corrected chi connectivity index (χ2v) is 10.6. The van der Waals surface area contributed by atoms with Crippen LogP contribution in [0.15, 0.2) is 53.4 Å². The van der Waals surface area contributed by atoms with Gasteiger partial charge in [-0.05, 0) is 41.7 Å². The second-order valence-electron chi connectivity index (χ2n) is 8.61. The zero-order valence-electron chi connectivity index (χ0n) is 18.7. The molecule has 13 heteroatoms. The zero-order chi connectivity index (χ0) is 26.9. The van der Waals surface area contributed by atoms with Crippen LogP contribution in [0.25, 0.3) is 11.1 Å². The van der Waals surface area contributed by atoms with Crippen molar-refractivity contribution in [2.75, 3.05) is 6.26 Å². The highest BCUT2D eigenvalue weighted by Gasteiger charge is 2.49. The van der Waals surface area contributed by atoms with Gasteiger partial charge in [0.15, 0.2) is 9.84 Å². The number of alkyl halides is 6. The molecule has 0 spiro atoms. The average molecular weight is 533 g/mol. The molecule has 1 saturated carbocycles. The number of sulfone groups is 1. The van der Waals surface area contributed by atoms with Crippen LogP contribution >= 0.6 is 0 Å². The van der Waals surface area contributed by atoms with Crippen LogP contribution < -0.4 is 10.6 Å². The topological polar surface area (TPSA) is 99.1 Å². The minimum atomic E-state index is -5.05. The summed E-state index contributed by atoms with van der Waals surface area (Å²) >= 11 is 0. The summed E-state index contributed by atoms with van der Waals surface area (Å²) in [4.78, 5) is 12.5. The third-order valence-corrected chi connectivity index (χ3v) is 6.76. The molecule has 1 fully saturated rings. The third-order valence-electron chi connectivity index (χ3n) is 5.63. The van der Waals surface area contributed by atoms with E-state index in [2.05, 4.69) is 5.32 Å². The first-order valence-corrected chi connectivity index (χ1v) is 12.5. The number of nitrogens with zero attached hydrogens (tertiary/aromatic N) is 1. The molecule has 0 radical (unpaired) electrons. The van der Waals surface area contributed by atoms with Crippen LogP contribution in [0.4, 0.5) is 26.3 Å². The molecule has 0 heterocycles. The molecule has 2 aromatic carbocycles. The predicted molar refractivity (Wildman–Crippen MR) is 117 cm³/mol. The molecule has 194 valence electrons. The van der Waals surface area contributed by atoms with Gasteiger partial charge in [-0.2, -0.15) is 31.6 Å². The van der Waals surface area contributed by atoms with Crippen LogP contribution in [-0.2, 0) is 14.6 Å². The minimum Gasteiger partial charge on any atom is -0.336 e. The van der Waals surface area contributed by atoms with Crippen LogP contribution in [0.3, 0.4) is 0 Å². The van der Waals surface area contributed by atoms with E-state index in [0.717, 1.165) is 18.4 Å². The Morgan fingerprint density at radius 2 is 1.50 bits per heavy atom. The van der Waals surface area contributed by atoms with Gasteiger partial charge in [0.1, 0.15) is 11.6 Å². The Morgan fingerprint density at radius 3 is 1.89 bits per heavy atom. The largest absolute Gasteiger partial charge is 0.407 e. The van der Waals surface area contributed by atoms with Gasteiger partial charge in [0.25, 0.3) is 0 Å². The number of rotatable bonds is 8. The van der Waals surface area contributed by atoms with E-state index in [1.165, 1.54) is 36.4 Å². The molecule has 0 aromatic heterocycles. The van der Waals surface area contributed by atoms with Gasteiger partial charge in [-0.1, -0.05) is 36.4 Å². The lowest BCUT2D eigenvalue weighted by atomic mass is 9.99. The lowest BCUT2D eigenvalue weighted by Crippen LogP contribution is -2.53. The molecule has 0 saturated heterocycles. The third kappa shape index (κ3) is 6.98. The first-order valence-electron chi connectivity index (χ1n) is 10.6. The monoisotopic (exact) mass is 533 g/mol. The van der Waals surface area contributed by atoms with Gasteiger partial charge in [-0.3, -0.25) is 10.1 Å². The number of nitriles is 1. The Bertz CT molecular complexity index is 1250. The van der Waals surface area contributed by atoms with E-state index in [9.17, 15) is 39.6 Å². The molecule has 2 aromatic rings. The molecule has 0 unspecified atom stereocenters. The SMILES string of the molecule is CS(=O)(=O)c1ccc(-c2ccc([C@H](N[C@@H](CC(F)(F)F)C(=O)NC3(C#N)CC3)C(F)(F)F)cc2)cc1. The Kier molecular flexibility index (Phi) is 7.44. The molecule has 36 heavy (non-hydrogen) atoms. The van der Waals surface area contributed by atoms with Gasteiger partial charge in [0, 0.05) is 6.26 Å². The van der Waals surface area contributed by atoms with Gasteiger partial charge in [0.05, 0.1) is 23.4 Å². The maximum atomic E-state index is 13.9. The predicted octanol–water partition coefficient (Wildman–Crippen LogP) is 4.44. The normalized spacial score (nSPS) is 17.1. The van der Waals surface area contributed by atoms with Crippen molar-refractivity contribution in [2.45, 2.75) is 54.1 Å². The van der Waals surface area contributed by atoms with E-state index >= 15 is 0 Å². The number of hydrogen-bond donors (Lipinski definition) is 2. The Labute approximate surface area is 203 Å². The van der Waals surface area contributed by atoms with E-state index in [4.69, 9.17) is 5.26 Å². The molecule has 0 aliphatic heterocycles. The van der Waals surface area contributed by atoms with Gasteiger partial charge in [-0.15, -0.1) is 0 Å². The summed E-state index contributed by atoms with van der Waals surface area (Å²) < 4.78 is 104. The van der Waals surface area contributed by atoms with Crippen LogP contribution in [-0.4, -0.2) is 44.5 Å². The molecule has 6 nitrogen and oxygen atoms in total. The summed E-state index contributed by atoms with van der Waals surface area (Å²) in [5.74, 6) is -1.34. The van der Waals surface area contributed by atoms with Crippen molar-refractivity contribution in [1.29, 1.82) is 5.26 Å². The van der Waals surface area contributed by atoms with Crippen molar-refractivity contribution in [3.8, 4) is 17.2 Å². The second kappa shape index (κ2) is 9.74. The zero-order valence-corrected chi connectivity index (χ0v) is 19.6. The van der Waals surface area contributed by atoms with Crippen LogP contribution in [0.5, 0.6) is 0 Å². The molecule has 1 aliphatic rings. The van der Waals surface area contributed by atoms with Crippen molar-refractivity contribution >= 4 is 15.7 Å². The molecular weight excluding hydrogens is 512 g/mol. The highest BCUT2D eigenvalue weighted by molar-refractivity contribution is 7.90. The number of hydrogen-bond acceptors (Lipinski definition) is 5. The molecule has 1 amide bonds. The molecule has 2 N–H and O–H groups in total. The minimum absolute atomic E-state index is 0.0579. The van der Waals surface area contributed by atoms with Crippen molar-refractivity contribution in [2.24, 2.45) is 0 Å². The molecular formula is C23H21F6N3O3S.